The summed E-state index contributed by atoms with van der Waals surface area (Å²) in [5.41, 5.74) is 0.513. The molecule has 13 nitrogen and oxygen atoms in total. The number of ketones is 1. The summed E-state index contributed by atoms with van der Waals surface area (Å²) < 4.78 is 41.2. The summed E-state index contributed by atoms with van der Waals surface area (Å²) in [5.74, 6) is -3.26. The van der Waals surface area contributed by atoms with Crippen molar-refractivity contribution in [2.75, 3.05) is 46.1 Å². The SMILES string of the molecule is CC(C)C[C@H](NC(=O)[C@H](COC(F)F)NC(=O)CN1CCOCC1)C(=O)N[C@@H](Cc1ccccc1)C(=O)N[C@@H](Cc1ccccc1)C(=O)[C@]1(C)CO1. The van der Waals surface area contributed by atoms with Crippen LogP contribution in [0.3, 0.4) is 0 Å². The minimum atomic E-state index is -3.20. The first-order chi connectivity index (χ1) is 24.8. The number of alkyl halides is 2. The van der Waals surface area contributed by atoms with Gasteiger partial charge in [0.05, 0.1) is 39.0 Å². The van der Waals surface area contributed by atoms with Gasteiger partial charge in [-0.15, -0.1) is 0 Å². The second-order valence-electron chi connectivity index (χ2n) is 13.7. The average molecular weight is 730 g/mol. The highest BCUT2D eigenvalue weighted by atomic mass is 19.3. The zero-order valence-electron chi connectivity index (χ0n) is 29.8. The molecular weight excluding hydrogens is 680 g/mol. The number of ether oxygens (including phenoxy) is 3. The molecule has 4 amide bonds. The normalized spacial score (nSPS) is 19.6. The van der Waals surface area contributed by atoms with Crippen molar-refractivity contribution in [2.24, 2.45) is 5.92 Å². The molecular formula is C37H49F2N5O8. The molecule has 0 aromatic heterocycles. The van der Waals surface area contributed by atoms with Gasteiger partial charge < -0.3 is 35.5 Å². The predicted molar refractivity (Wildman–Crippen MR) is 186 cm³/mol. The van der Waals surface area contributed by atoms with Crippen LogP contribution < -0.4 is 21.3 Å². The third kappa shape index (κ3) is 13.0. The maximum Gasteiger partial charge on any atom is 0.345 e. The third-order valence-electron chi connectivity index (χ3n) is 8.78. The zero-order valence-corrected chi connectivity index (χ0v) is 29.8. The van der Waals surface area contributed by atoms with Crippen molar-refractivity contribution in [3.8, 4) is 0 Å². The number of nitrogens with one attached hydrogen (secondary N) is 4. The number of morpholine rings is 1. The standard InChI is InChI=1S/C37H49F2N5O8/c1-24(2)18-28(42-35(49)30(22-51-36(38)39)40-31(45)21-44-14-16-50-17-15-44)33(47)43-29(20-26-12-8-5-9-13-26)34(48)41-27(32(46)37(3)23-52-37)19-25-10-6-4-7-11-25/h4-13,24,27-30,36H,14-23H2,1-3H3,(H,40,45)(H,41,48)(H,42,49)(H,43,47)/t27-,28-,29-,30-,37-/m0/s1. The first-order valence-electron chi connectivity index (χ1n) is 17.5. The molecule has 0 saturated carbocycles. The van der Waals surface area contributed by atoms with E-state index in [1.165, 1.54) is 0 Å². The van der Waals surface area contributed by atoms with Crippen LogP contribution in [0.1, 0.15) is 38.3 Å². The van der Waals surface area contributed by atoms with Gasteiger partial charge in [-0.05, 0) is 36.8 Å². The van der Waals surface area contributed by atoms with Gasteiger partial charge in [0.25, 0.3) is 0 Å². The van der Waals surface area contributed by atoms with Crippen molar-refractivity contribution >= 4 is 29.4 Å². The lowest BCUT2D eigenvalue weighted by Crippen LogP contribution is -2.60. The summed E-state index contributed by atoms with van der Waals surface area (Å²) >= 11 is 0. The number of hydrogen-bond donors (Lipinski definition) is 4. The molecule has 2 aromatic carbocycles. The van der Waals surface area contributed by atoms with Gasteiger partial charge >= 0.3 is 6.61 Å². The minimum Gasteiger partial charge on any atom is -0.379 e. The molecule has 0 spiro atoms. The van der Waals surface area contributed by atoms with Crippen molar-refractivity contribution in [3.63, 3.8) is 0 Å². The molecule has 52 heavy (non-hydrogen) atoms. The van der Waals surface area contributed by atoms with Crippen LogP contribution in [-0.2, 0) is 51.0 Å². The Morgan fingerprint density at radius 2 is 1.27 bits per heavy atom. The summed E-state index contributed by atoms with van der Waals surface area (Å²) in [6, 6.07) is 13.3. The van der Waals surface area contributed by atoms with E-state index in [9.17, 15) is 32.8 Å². The minimum absolute atomic E-state index is 0.0588. The van der Waals surface area contributed by atoms with Crippen molar-refractivity contribution in [1.29, 1.82) is 0 Å². The van der Waals surface area contributed by atoms with Crippen molar-refractivity contribution in [2.45, 2.75) is 76.4 Å². The highest BCUT2D eigenvalue weighted by molar-refractivity contribution is 5.99. The fourth-order valence-corrected chi connectivity index (χ4v) is 5.81. The molecule has 284 valence electrons. The van der Waals surface area contributed by atoms with E-state index in [0.717, 1.165) is 11.1 Å². The molecule has 2 aromatic rings. The van der Waals surface area contributed by atoms with Gasteiger partial charge in [0.2, 0.25) is 23.6 Å². The van der Waals surface area contributed by atoms with Gasteiger partial charge in [-0.25, -0.2) is 0 Å². The Kier molecular flexibility index (Phi) is 15.2. The van der Waals surface area contributed by atoms with Crippen LogP contribution in [0, 0.1) is 5.92 Å². The average Bonchev–Trinajstić information content (AvgIpc) is 3.87. The molecule has 4 rings (SSSR count). The number of Topliss-reactive ketones (excluding diaryl/α,β-unsaturated/α-hetero) is 1. The summed E-state index contributed by atoms with van der Waals surface area (Å²) in [6.07, 6.45) is 0.372. The molecule has 2 fully saturated rings. The number of halogens is 2. The van der Waals surface area contributed by atoms with E-state index in [0.29, 0.717) is 26.3 Å². The Hall–Kier alpha value is -4.31. The number of carbonyl (C=O) groups excluding carboxylic acids is 5. The number of epoxide rings is 1. The molecule has 2 saturated heterocycles. The van der Waals surface area contributed by atoms with Crippen LogP contribution in [0.15, 0.2) is 60.7 Å². The Labute approximate surface area is 302 Å². The van der Waals surface area contributed by atoms with Crippen molar-refractivity contribution < 1.29 is 47.0 Å². The molecule has 0 radical (unpaired) electrons. The second-order valence-corrected chi connectivity index (χ2v) is 13.7. The van der Waals surface area contributed by atoms with Crippen LogP contribution in [0.4, 0.5) is 8.78 Å². The molecule has 0 unspecified atom stereocenters. The highest BCUT2D eigenvalue weighted by Gasteiger charge is 2.50. The fourth-order valence-electron chi connectivity index (χ4n) is 5.81. The van der Waals surface area contributed by atoms with E-state index in [-0.39, 0.29) is 44.1 Å². The largest absolute Gasteiger partial charge is 0.379 e. The van der Waals surface area contributed by atoms with Crippen molar-refractivity contribution in [1.82, 2.24) is 26.2 Å². The van der Waals surface area contributed by atoms with E-state index in [1.54, 1.807) is 36.1 Å². The third-order valence-corrected chi connectivity index (χ3v) is 8.78. The number of carbonyl (C=O) groups is 5. The lowest BCUT2D eigenvalue weighted by Gasteiger charge is -2.28. The lowest BCUT2D eigenvalue weighted by atomic mass is 9.94. The monoisotopic (exact) mass is 729 g/mol. The summed E-state index contributed by atoms with van der Waals surface area (Å²) in [5, 5.41) is 10.6. The summed E-state index contributed by atoms with van der Waals surface area (Å²) in [6.45, 7) is 3.23. The fraction of sp³-hybridized carbons (Fsp3) is 0.541. The van der Waals surface area contributed by atoms with E-state index in [2.05, 4.69) is 26.0 Å². The smallest absolute Gasteiger partial charge is 0.345 e. The number of hydrogen-bond acceptors (Lipinski definition) is 9. The van der Waals surface area contributed by atoms with Gasteiger partial charge in [-0.2, -0.15) is 8.78 Å². The summed E-state index contributed by atoms with van der Waals surface area (Å²) in [4.78, 5) is 69.5. The first kappa shape index (κ1) is 40.5. The Balaban J connectivity index is 1.51. The van der Waals surface area contributed by atoms with E-state index >= 15 is 0 Å². The number of nitrogens with zero attached hydrogens (tertiary/aromatic N) is 1. The lowest BCUT2D eigenvalue weighted by molar-refractivity contribution is -0.148. The molecule has 2 heterocycles. The van der Waals surface area contributed by atoms with E-state index in [1.807, 2.05) is 50.2 Å². The van der Waals surface area contributed by atoms with Gasteiger partial charge in [0.1, 0.15) is 23.7 Å². The van der Waals surface area contributed by atoms with E-state index < -0.39 is 66.6 Å². The quantitative estimate of drug-likeness (QED) is 0.147. The number of amides is 4. The van der Waals surface area contributed by atoms with Crippen LogP contribution in [-0.4, -0.2) is 117 Å². The molecule has 0 aliphatic carbocycles. The zero-order chi connectivity index (χ0) is 37.7. The maximum atomic E-state index is 14.0. The van der Waals surface area contributed by atoms with Gasteiger partial charge in [-0.1, -0.05) is 74.5 Å². The second kappa shape index (κ2) is 19.5. The molecule has 15 heteroatoms. The predicted octanol–water partition coefficient (Wildman–Crippen LogP) is 1.39. The van der Waals surface area contributed by atoms with Crippen LogP contribution in [0.5, 0.6) is 0 Å². The summed E-state index contributed by atoms with van der Waals surface area (Å²) in [7, 11) is 0. The number of benzene rings is 2. The Bertz CT molecular complexity index is 1490. The van der Waals surface area contributed by atoms with Gasteiger partial charge in [0.15, 0.2) is 5.78 Å². The Morgan fingerprint density at radius 1 is 0.769 bits per heavy atom. The topological polar surface area (TPSA) is 168 Å². The molecule has 5 atom stereocenters. The van der Waals surface area contributed by atoms with Crippen LogP contribution in [0.25, 0.3) is 0 Å². The number of rotatable bonds is 20. The van der Waals surface area contributed by atoms with Gasteiger partial charge in [0, 0.05) is 19.5 Å². The van der Waals surface area contributed by atoms with E-state index in [4.69, 9.17) is 9.47 Å². The molecule has 2 aliphatic heterocycles. The van der Waals surface area contributed by atoms with Gasteiger partial charge in [-0.3, -0.25) is 28.9 Å². The highest BCUT2D eigenvalue weighted by Crippen LogP contribution is 2.29. The van der Waals surface area contributed by atoms with Crippen molar-refractivity contribution in [3.05, 3.63) is 71.8 Å². The molecule has 0 bridgehead atoms. The van der Waals surface area contributed by atoms with Crippen LogP contribution >= 0.6 is 0 Å². The van der Waals surface area contributed by atoms with Crippen LogP contribution in [0.2, 0.25) is 0 Å². The Morgan fingerprint density at radius 3 is 1.81 bits per heavy atom. The molecule has 4 N–H and O–H groups in total. The molecule has 2 aliphatic rings. The maximum absolute atomic E-state index is 14.0. The first-order valence-corrected chi connectivity index (χ1v) is 17.5.